The van der Waals surface area contributed by atoms with Gasteiger partial charge in [-0.25, -0.2) is 0 Å². The summed E-state index contributed by atoms with van der Waals surface area (Å²) in [7, 11) is 3.25. The highest BCUT2D eigenvalue weighted by atomic mass is 35.5. The van der Waals surface area contributed by atoms with Crippen LogP contribution in [0.15, 0.2) is 30.3 Å². The van der Waals surface area contributed by atoms with Gasteiger partial charge in [0.25, 0.3) is 0 Å². The number of ether oxygens (including phenoxy) is 2. The van der Waals surface area contributed by atoms with Crippen molar-refractivity contribution in [1.82, 2.24) is 0 Å². The van der Waals surface area contributed by atoms with Gasteiger partial charge in [-0.1, -0.05) is 17.7 Å². The van der Waals surface area contributed by atoms with E-state index in [-0.39, 0.29) is 0 Å². The van der Waals surface area contributed by atoms with Crippen LogP contribution in [0.4, 0.5) is 0 Å². The summed E-state index contributed by atoms with van der Waals surface area (Å²) in [5.41, 5.74) is 0. The van der Waals surface area contributed by atoms with Crippen LogP contribution in [-0.2, 0) is 0 Å². The number of methoxy groups -OCH3 is 2. The van der Waals surface area contributed by atoms with Crippen molar-refractivity contribution in [3.05, 3.63) is 35.4 Å². The lowest BCUT2D eigenvalue weighted by atomic mass is 10.1. The van der Waals surface area contributed by atoms with E-state index in [1.807, 2.05) is 30.3 Å². The molecule has 2 rings (SSSR count). The molecule has 0 amide bonds. The van der Waals surface area contributed by atoms with Crippen LogP contribution < -0.4 is 9.47 Å². The average molecular weight is 223 g/mol. The van der Waals surface area contributed by atoms with E-state index in [4.69, 9.17) is 21.1 Å². The average Bonchev–Trinajstić information content (AvgIpc) is 2.29. The van der Waals surface area contributed by atoms with Gasteiger partial charge in [0.05, 0.1) is 19.2 Å². The predicted molar refractivity (Wildman–Crippen MR) is 62.1 cm³/mol. The second-order valence-electron chi connectivity index (χ2n) is 3.17. The van der Waals surface area contributed by atoms with Crippen LogP contribution >= 0.6 is 11.6 Å². The highest BCUT2D eigenvalue weighted by Gasteiger charge is 2.06. The van der Waals surface area contributed by atoms with Gasteiger partial charge >= 0.3 is 0 Å². The van der Waals surface area contributed by atoms with Gasteiger partial charge in [0, 0.05) is 5.39 Å². The minimum absolute atomic E-state index is 0.637. The molecule has 0 spiro atoms. The predicted octanol–water partition coefficient (Wildman–Crippen LogP) is 3.51. The first-order valence-corrected chi connectivity index (χ1v) is 4.94. The molecule has 2 aromatic carbocycles. The van der Waals surface area contributed by atoms with Crippen molar-refractivity contribution in [2.75, 3.05) is 14.2 Å². The molecule has 2 aromatic rings. The molecule has 15 heavy (non-hydrogen) atoms. The van der Waals surface area contributed by atoms with Crippen LogP contribution in [0.25, 0.3) is 10.8 Å². The molecule has 78 valence electrons. The molecule has 0 bridgehead atoms. The second kappa shape index (κ2) is 3.99. The molecule has 0 aliphatic heterocycles. The molecule has 0 atom stereocenters. The van der Waals surface area contributed by atoms with Crippen molar-refractivity contribution >= 4 is 22.4 Å². The maximum Gasteiger partial charge on any atom is 0.138 e. The molecular formula is C12H11ClO2. The van der Waals surface area contributed by atoms with Crippen molar-refractivity contribution < 1.29 is 9.47 Å². The molecule has 2 nitrogen and oxygen atoms in total. The Morgan fingerprint density at radius 2 is 1.80 bits per heavy atom. The summed E-state index contributed by atoms with van der Waals surface area (Å²) in [5.74, 6) is 1.51. The summed E-state index contributed by atoms with van der Waals surface area (Å²) in [6.07, 6.45) is 0. The molecule has 0 aliphatic carbocycles. The summed E-state index contributed by atoms with van der Waals surface area (Å²) in [5, 5.41) is 2.65. The number of halogens is 1. The van der Waals surface area contributed by atoms with Crippen molar-refractivity contribution in [2.24, 2.45) is 0 Å². The second-order valence-corrected chi connectivity index (χ2v) is 3.55. The van der Waals surface area contributed by atoms with E-state index in [1.54, 1.807) is 14.2 Å². The van der Waals surface area contributed by atoms with Crippen LogP contribution in [0.2, 0.25) is 5.02 Å². The Labute approximate surface area is 93.4 Å². The van der Waals surface area contributed by atoms with Crippen molar-refractivity contribution in [1.29, 1.82) is 0 Å². The van der Waals surface area contributed by atoms with Crippen molar-refractivity contribution in [3.63, 3.8) is 0 Å². The standard InChI is InChI=1S/C12H11ClO2/c1-14-9-4-5-10-8(7-9)3-6-11(15-2)12(10)13/h3-7H,1-2H3. The Hall–Kier alpha value is -1.41. The normalized spacial score (nSPS) is 10.3. The fraction of sp³-hybridized carbons (Fsp3) is 0.167. The first-order valence-electron chi connectivity index (χ1n) is 4.56. The molecule has 0 saturated heterocycles. The van der Waals surface area contributed by atoms with E-state index >= 15 is 0 Å². The summed E-state index contributed by atoms with van der Waals surface area (Å²) < 4.78 is 10.3. The van der Waals surface area contributed by atoms with Gasteiger partial charge in [-0.15, -0.1) is 0 Å². The van der Waals surface area contributed by atoms with E-state index in [9.17, 15) is 0 Å². The van der Waals surface area contributed by atoms with Gasteiger partial charge in [0.15, 0.2) is 0 Å². The third-order valence-corrected chi connectivity index (χ3v) is 2.74. The van der Waals surface area contributed by atoms with Crippen LogP contribution in [0.3, 0.4) is 0 Å². The minimum atomic E-state index is 0.637. The maximum absolute atomic E-state index is 6.17. The molecule has 0 aromatic heterocycles. The van der Waals surface area contributed by atoms with Crippen molar-refractivity contribution in [2.45, 2.75) is 0 Å². The number of benzene rings is 2. The summed E-state index contributed by atoms with van der Waals surface area (Å²) >= 11 is 6.17. The maximum atomic E-state index is 6.17. The zero-order chi connectivity index (χ0) is 10.8. The van der Waals surface area contributed by atoms with Crippen LogP contribution in [-0.4, -0.2) is 14.2 Å². The highest BCUT2D eigenvalue weighted by Crippen LogP contribution is 2.34. The number of fused-ring (bicyclic) bond motifs is 1. The summed E-state index contributed by atoms with van der Waals surface area (Å²) in [6, 6.07) is 9.57. The van der Waals surface area contributed by atoms with Gasteiger partial charge in [0.2, 0.25) is 0 Å². The number of hydrogen-bond donors (Lipinski definition) is 0. The smallest absolute Gasteiger partial charge is 0.138 e. The number of rotatable bonds is 2. The fourth-order valence-corrected chi connectivity index (χ4v) is 1.85. The van der Waals surface area contributed by atoms with Crippen LogP contribution in [0, 0.1) is 0 Å². The van der Waals surface area contributed by atoms with Gasteiger partial charge in [0.1, 0.15) is 11.5 Å². The van der Waals surface area contributed by atoms with E-state index in [0.29, 0.717) is 10.8 Å². The van der Waals surface area contributed by atoms with E-state index < -0.39 is 0 Å². The monoisotopic (exact) mass is 222 g/mol. The molecular weight excluding hydrogens is 212 g/mol. The van der Waals surface area contributed by atoms with E-state index in [2.05, 4.69) is 0 Å². The zero-order valence-corrected chi connectivity index (χ0v) is 9.34. The Bertz CT molecular complexity index is 494. The Kier molecular flexibility index (Phi) is 2.69. The zero-order valence-electron chi connectivity index (χ0n) is 8.58. The highest BCUT2D eigenvalue weighted by molar-refractivity contribution is 6.37. The van der Waals surface area contributed by atoms with Gasteiger partial charge < -0.3 is 9.47 Å². The topological polar surface area (TPSA) is 18.5 Å². The molecule has 0 unspecified atom stereocenters. The van der Waals surface area contributed by atoms with Gasteiger partial charge in [-0.2, -0.15) is 0 Å². The minimum Gasteiger partial charge on any atom is -0.497 e. The third-order valence-electron chi connectivity index (χ3n) is 2.35. The lowest BCUT2D eigenvalue weighted by molar-refractivity contribution is 0.414. The molecule has 0 heterocycles. The first kappa shape index (κ1) is 10.1. The van der Waals surface area contributed by atoms with Gasteiger partial charge in [-0.3, -0.25) is 0 Å². The SMILES string of the molecule is COc1ccc2c(Cl)c(OC)ccc2c1. The summed E-state index contributed by atoms with van der Waals surface area (Å²) in [6.45, 7) is 0. The number of hydrogen-bond acceptors (Lipinski definition) is 2. The molecule has 0 N–H and O–H groups in total. The largest absolute Gasteiger partial charge is 0.497 e. The van der Waals surface area contributed by atoms with Crippen LogP contribution in [0.1, 0.15) is 0 Å². The van der Waals surface area contributed by atoms with E-state index in [1.165, 1.54) is 0 Å². The van der Waals surface area contributed by atoms with E-state index in [0.717, 1.165) is 16.5 Å². The fourth-order valence-electron chi connectivity index (χ4n) is 1.53. The Morgan fingerprint density at radius 3 is 2.47 bits per heavy atom. The summed E-state index contributed by atoms with van der Waals surface area (Å²) in [4.78, 5) is 0. The molecule has 0 saturated carbocycles. The first-order chi connectivity index (χ1) is 7.26. The van der Waals surface area contributed by atoms with Crippen molar-refractivity contribution in [3.8, 4) is 11.5 Å². The molecule has 3 heteroatoms. The molecule has 0 fully saturated rings. The third kappa shape index (κ3) is 1.73. The Morgan fingerprint density at radius 1 is 1.00 bits per heavy atom. The lowest BCUT2D eigenvalue weighted by Crippen LogP contribution is -1.86. The molecule has 0 radical (unpaired) electrons. The lowest BCUT2D eigenvalue weighted by Gasteiger charge is -2.07. The quantitative estimate of drug-likeness (QED) is 0.774. The van der Waals surface area contributed by atoms with Gasteiger partial charge in [-0.05, 0) is 29.7 Å². The molecule has 0 aliphatic rings. The van der Waals surface area contributed by atoms with Crippen LogP contribution in [0.5, 0.6) is 11.5 Å². The Balaban J connectivity index is 2.68.